The van der Waals surface area contributed by atoms with Gasteiger partial charge >= 0.3 is 0 Å². The minimum Gasteiger partial charge on any atom is -0.395 e. The van der Waals surface area contributed by atoms with Crippen molar-refractivity contribution in [2.75, 3.05) is 39.3 Å². The molecule has 0 atom stereocenters. The van der Waals surface area contributed by atoms with Crippen LogP contribution in [0.1, 0.15) is 37.9 Å². The molecule has 1 aromatic carbocycles. The van der Waals surface area contributed by atoms with Gasteiger partial charge in [0.15, 0.2) is 0 Å². The van der Waals surface area contributed by atoms with Gasteiger partial charge in [-0.15, -0.1) is 0 Å². The number of carbonyl (C=O) groups excluding carboxylic acids is 1. The van der Waals surface area contributed by atoms with E-state index in [9.17, 15) is 4.79 Å². The summed E-state index contributed by atoms with van der Waals surface area (Å²) in [4.78, 5) is 22.5. The standard InChI is InChI=1S/C23H28ClN5O2S/c1-15-19(14-18-6-4-5-7-20(18)24)17(3)29(26-15)23-25-16(2)21(32-23)22(31)28-10-8-27(9-11-28)12-13-30/h4-7,30H,8-14H2,1-3H3. The number of aliphatic hydroxyl groups is 1. The van der Waals surface area contributed by atoms with Crippen LogP contribution < -0.4 is 0 Å². The van der Waals surface area contributed by atoms with Gasteiger partial charge in [-0.3, -0.25) is 9.69 Å². The molecule has 9 heteroatoms. The molecular formula is C23H28ClN5O2S. The molecule has 1 saturated heterocycles. The molecule has 1 aliphatic heterocycles. The summed E-state index contributed by atoms with van der Waals surface area (Å²) < 4.78 is 1.84. The van der Waals surface area contributed by atoms with Crippen molar-refractivity contribution in [3.63, 3.8) is 0 Å². The van der Waals surface area contributed by atoms with Gasteiger partial charge in [-0.2, -0.15) is 5.10 Å². The van der Waals surface area contributed by atoms with Gasteiger partial charge in [0.05, 0.1) is 18.0 Å². The highest BCUT2D eigenvalue weighted by molar-refractivity contribution is 7.16. The Labute approximate surface area is 197 Å². The van der Waals surface area contributed by atoms with E-state index in [4.69, 9.17) is 21.8 Å². The lowest BCUT2D eigenvalue weighted by Crippen LogP contribution is -2.49. The van der Waals surface area contributed by atoms with Gasteiger partial charge in [0.25, 0.3) is 5.91 Å². The number of carbonyl (C=O) groups is 1. The first-order valence-electron chi connectivity index (χ1n) is 10.8. The molecular weight excluding hydrogens is 446 g/mol. The maximum atomic E-state index is 13.1. The van der Waals surface area contributed by atoms with Crippen LogP contribution in [0.15, 0.2) is 24.3 Å². The summed E-state index contributed by atoms with van der Waals surface area (Å²) in [6.45, 7) is 9.58. The zero-order valence-corrected chi connectivity index (χ0v) is 20.2. The number of nitrogens with zero attached hydrogens (tertiary/aromatic N) is 5. The second kappa shape index (κ2) is 9.70. The summed E-state index contributed by atoms with van der Waals surface area (Å²) in [6, 6.07) is 7.85. The minimum atomic E-state index is 0.0210. The van der Waals surface area contributed by atoms with Gasteiger partial charge in [-0.05, 0) is 32.4 Å². The van der Waals surface area contributed by atoms with Crippen molar-refractivity contribution in [3.8, 4) is 5.13 Å². The molecule has 0 radical (unpaired) electrons. The Kier molecular flexibility index (Phi) is 6.95. The summed E-state index contributed by atoms with van der Waals surface area (Å²) in [5.74, 6) is 0.0210. The van der Waals surface area contributed by atoms with Crippen LogP contribution >= 0.6 is 22.9 Å². The molecule has 4 rings (SSSR count). The van der Waals surface area contributed by atoms with Crippen LogP contribution in [0.2, 0.25) is 5.02 Å². The lowest BCUT2D eigenvalue weighted by atomic mass is 10.0. The predicted octanol–water partition coefficient (Wildman–Crippen LogP) is 3.25. The van der Waals surface area contributed by atoms with Crippen LogP contribution in [0.4, 0.5) is 0 Å². The SMILES string of the molecule is Cc1nc(-n2nc(C)c(Cc3ccccc3Cl)c2C)sc1C(=O)N1CCN(CCO)CC1. The predicted molar refractivity (Wildman–Crippen MR) is 127 cm³/mol. The van der Waals surface area contributed by atoms with Gasteiger partial charge in [0.1, 0.15) is 4.88 Å². The molecule has 1 N–H and O–H groups in total. The number of β-amino-alcohol motifs (C(OH)–C–C–N with tert-alkyl or cyclic N) is 1. The highest BCUT2D eigenvalue weighted by Gasteiger charge is 2.26. The fourth-order valence-electron chi connectivity index (χ4n) is 4.08. The van der Waals surface area contributed by atoms with Gasteiger partial charge in [-0.1, -0.05) is 41.1 Å². The Balaban J connectivity index is 1.55. The number of rotatable bonds is 6. The van der Waals surface area contributed by atoms with Crippen LogP contribution in [0.25, 0.3) is 5.13 Å². The number of piperazine rings is 1. The number of hydrogen-bond acceptors (Lipinski definition) is 6. The third-order valence-corrected chi connectivity index (χ3v) is 7.49. The molecule has 0 spiro atoms. The van der Waals surface area contributed by atoms with Crippen molar-refractivity contribution in [1.29, 1.82) is 0 Å². The van der Waals surface area contributed by atoms with E-state index in [1.54, 1.807) is 0 Å². The fourth-order valence-corrected chi connectivity index (χ4v) is 5.32. The third-order valence-electron chi connectivity index (χ3n) is 6.00. The van der Waals surface area contributed by atoms with Gasteiger partial charge in [-0.25, -0.2) is 9.67 Å². The van der Waals surface area contributed by atoms with E-state index in [2.05, 4.69) is 9.88 Å². The molecule has 0 aliphatic carbocycles. The number of hydrogen-bond donors (Lipinski definition) is 1. The van der Waals surface area contributed by atoms with E-state index in [-0.39, 0.29) is 12.5 Å². The van der Waals surface area contributed by atoms with E-state index in [1.165, 1.54) is 11.3 Å². The smallest absolute Gasteiger partial charge is 0.266 e. The first-order chi connectivity index (χ1) is 15.4. The molecule has 32 heavy (non-hydrogen) atoms. The highest BCUT2D eigenvalue weighted by Crippen LogP contribution is 2.28. The third kappa shape index (κ3) is 4.59. The zero-order chi connectivity index (χ0) is 22.8. The summed E-state index contributed by atoms with van der Waals surface area (Å²) in [5, 5.41) is 15.3. The average molecular weight is 474 g/mol. The van der Waals surface area contributed by atoms with Gasteiger partial charge in [0.2, 0.25) is 5.13 Å². The molecule has 170 valence electrons. The zero-order valence-electron chi connectivity index (χ0n) is 18.6. The highest BCUT2D eigenvalue weighted by atomic mass is 35.5. The van der Waals surface area contributed by atoms with Crippen LogP contribution in [0.3, 0.4) is 0 Å². The number of aliphatic hydroxyl groups excluding tert-OH is 1. The van der Waals surface area contributed by atoms with E-state index in [0.717, 1.165) is 46.3 Å². The Morgan fingerprint density at radius 3 is 2.53 bits per heavy atom. The number of benzene rings is 1. The number of halogens is 1. The lowest BCUT2D eigenvalue weighted by molar-refractivity contribution is 0.0618. The van der Waals surface area contributed by atoms with Crippen molar-refractivity contribution in [2.24, 2.45) is 0 Å². The first kappa shape index (κ1) is 22.9. The minimum absolute atomic E-state index is 0.0210. The molecule has 3 aromatic rings. The quantitative estimate of drug-likeness (QED) is 0.594. The van der Waals surface area contributed by atoms with Crippen molar-refractivity contribution >= 4 is 28.8 Å². The first-order valence-corrected chi connectivity index (χ1v) is 12.0. The van der Waals surface area contributed by atoms with E-state index < -0.39 is 0 Å². The molecule has 1 fully saturated rings. The maximum absolute atomic E-state index is 13.1. The topological polar surface area (TPSA) is 74.5 Å². The van der Waals surface area contributed by atoms with Gasteiger partial charge < -0.3 is 10.0 Å². The van der Waals surface area contributed by atoms with Crippen molar-refractivity contribution < 1.29 is 9.90 Å². The number of thiazole rings is 1. The summed E-state index contributed by atoms with van der Waals surface area (Å²) in [5.41, 5.74) is 4.86. The number of amides is 1. The Hall–Kier alpha value is -2.26. The molecule has 0 unspecified atom stereocenters. The fraction of sp³-hybridized carbons (Fsp3) is 0.435. The largest absolute Gasteiger partial charge is 0.395 e. The monoisotopic (exact) mass is 473 g/mol. The van der Waals surface area contributed by atoms with Gasteiger partial charge in [0, 0.05) is 55.4 Å². The van der Waals surface area contributed by atoms with Crippen LogP contribution in [0, 0.1) is 20.8 Å². The summed E-state index contributed by atoms with van der Waals surface area (Å²) in [6.07, 6.45) is 0.700. The molecule has 1 amide bonds. The molecule has 7 nitrogen and oxygen atoms in total. The average Bonchev–Trinajstić information content (AvgIpc) is 3.30. The van der Waals surface area contributed by atoms with Crippen molar-refractivity contribution in [2.45, 2.75) is 27.2 Å². The van der Waals surface area contributed by atoms with Crippen LogP contribution in [0.5, 0.6) is 0 Å². The van der Waals surface area contributed by atoms with E-state index in [0.29, 0.717) is 36.1 Å². The van der Waals surface area contributed by atoms with Crippen LogP contribution in [-0.4, -0.2) is 74.9 Å². The Bertz CT molecular complexity index is 1120. The molecule has 3 heterocycles. The molecule has 2 aromatic heterocycles. The van der Waals surface area contributed by atoms with Crippen molar-refractivity contribution in [1.82, 2.24) is 24.6 Å². The van der Waals surface area contributed by atoms with Crippen molar-refractivity contribution in [3.05, 3.63) is 62.4 Å². The Morgan fingerprint density at radius 2 is 1.84 bits per heavy atom. The molecule has 0 saturated carbocycles. The Morgan fingerprint density at radius 1 is 1.12 bits per heavy atom. The second-order valence-corrected chi connectivity index (χ2v) is 9.48. The molecule has 1 aliphatic rings. The second-order valence-electron chi connectivity index (χ2n) is 8.10. The van der Waals surface area contributed by atoms with E-state index in [1.807, 2.05) is 54.6 Å². The maximum Gasteiger partial charge on any atom is 0.266 e. The summed E-state index contributed by atoms with van der Waals surface area (Å²) in [7, 11) is 0. The molecule has 0 bridgehead atoms. The lowest BCUT2D eigenvalue weighted by Gasteiger charge is -2.34. The number of aryl methyl sites for hydroxylation is 2. The summed E-state index contributed by atoms with van der Waals surface area (Å²) >= 11 is 7.76. The van der Waals surface area contributed by atoms with E-state index >= 15 is 0 Å². The normalized spacial score (nSPS) is 14.8. The number of aromatic nitrogens is 3. The van der Waals surface area contributed by atoms with Crippen LogP contribution in [-0.2, 0) is 6.42 Å².